The summed E-state index contributed by atoms with van der Waals surface area (Å²) in [5, 5.41) is 11.3. The Hall–Kier alpha value is -1.62. The minimum Gasteiger partial charge on any atom is -0.390 e. The van der Waals surface area contributed by atoms with Gasteiger partial charge < -0.3 is 15.0 Å². The smallest absolute Gasteiger partial charge is 0.143 e. The molecule has 0 saturated carbocycles. The third-order valence-electron chi connectivity index (χ3n) is 4.40. The lowest BCUT2D eigenvalue weighted by Gasteiger charge is -2.26. The predicted molar refractivity (Wildman–Crippen MR) is 79.9 cm³/mol. The van der Waals surface area contributed by atoms with Crippen LogP contribution >= 0.6 is 0 Å². The molecule has 0 amide bonds. The summed E-state index contributed by atoms with van der Waals surface area (Å²) >= 11 is 0. The molecule has 0 spiro atoms. The second-order valence-electron chi connectivity index (χ2n) is 6.17. The van der Waals surface area contributed by atoms with E-state index in [1.807, 2.05) is 20.0 Å². The maximum Gasteiger partial charge on any atom is 0.143 e. The summed E-state index contributed by atoms with van der Waals surface area (Å²) in [4.78, 5) is 14.3. The average molecular weight is 274 g/mol. The lowest BCUT2D eigenvalue weighted by atomic mass is 9.90. The SMILES string of the molecule is CCc1c[nH]c2ncnc(N3CCC(C(C)(C)O)C3)c12. The normalized spacial score (nSPS) is 20.0. The van der Waals surface area contributed by atoms with Crippen molar-refractivity contribution in [3.8, 4) is 0 Å². The number of aromatic amines is 1. The van der Waals surface area contributed by atoms with Crippen molar-refractivity contribution in [3.05, 3.63) is 18.1 Å². The van der Waals surface area contributed by atoms with Crippen LogP contribution < -0.4 is 4.90 Å². The minimum absolute atomic E-state index is 0.288. The molecule has 1 aliphatic rings. The van der Waals surface area contributed by atoms with Crippen molar-refractivity contribution >= 4 is 16.9 Å². The lowest BCUT2D eigenvalue weighted by molar-refractivity contribution is 0.0263. The highest BCUT2D eigenvalue weighted by Gasteiger charge is 2.34. The van der Waals surface area contributed by atoms with Crippen LogP contribution in [0.1, 0.15) is 32.8 Å². The average Bonchev–Trinajstić information content (AvgIpc) is 3.04. The van der Waals surface area contributed by atoms with Gasteiger partial charge in [-0.15, -0.1) is 0 Å². The fraction of sp³-hybridized carbons (Fsp3) is 0.600. The third-order valence-corrected chi connectivity index (χ3v) is 4.40. The fourth-order valence-corrected chi connectivity index (χ4v) is 3.06. The predicted octanol–water partition coefficient (Wildman–Crippen LogP) is 2.12. The number of fused-ring (bicyclic) bond motifs is 1. The van der Waals surface area contributed by atoms with E-state index in [1.54, 1.807) is 6.33 Å². The maximum absolute atomic E-state index is 10.2. The van der Waals surface area contributed by atoms with Gasteiger partial charge in [0.15, 0.2) is 0 Å². The van der Waals surface area contributed by atoms with Crippen molar-refractivity contribution < 1.29 is 5.11 Å². The number of H-pyrrole nitrogens is 1. The van der Waals surface area contributed by atoms with Crippen LogP contribution in [0.25, 0.3) is 11.0 Å². The Kier molecular flexibility index (Phi) is 3.17. The summed E-state index contributed by atoms with van der Waals surface area (Å²) in [5.41, 5.74) is 1.52. The van der Waals surface area contributed by atoms with Crippen molar-refractivity contribution in [2.75, 3.05) is 18.0 Å². The Labute approximate surface area is 119 Å². The van der Waals surface area contributed by atoms with Crippen molar-refractivity contribution in [1.29, 1.82) is 0 Å². The van der Waals surface area contributed by atoms with E-state index in [0.717, 1.165) is 42.8 Å². The van der Waals surface area contributed by atoms with E-state index in [-0.39, 0.29) is 5.92 Å². The fourth-order valence-electron chi connectivity index (χ4n) is 3.06. The van der Waals surface area contributed by atoms with E-state index >= 15 is 0 Å². The summed E-state index contributed by atoms with van der Waals surface area (Å²) in [6, 6.07) is 0. The highest BCUT2D eigenvalue weighted by molar-refractivity contribution is 5.90. The minimum atomic E-state index is -0.632. The summed E-state index contributed by atoms with van der Waals surface area (Å²) in [5.74, 6) is 1.29. The first-order valence-corrected chi connectivity index (χ1v) is 7.29. The Morgan fingerprint density at radius 3 is 2.90 bits per heavy atom. The highest BCUT2D eigenvalue weighted by Crippen LogP contribution is 2.33. The molecule has 20 heavy (non-hydrogen) atoms. The Morgan fingerprint density at radius 1 is 1.45 bits per heavy atom. The van der Waals surface area contributed by atoms with Gasteiger partial charge in [0.25, 0.3) is 0 Å². The third kappa shape index (κ3) is 2.16. The van der Waals surface area contributed by atoms with Gasteiger partial charge in [-0.3, -0.25) is 0 Å². The molecule has 5 nitrogen and oxygen atoms in total. The van der Waals surface area contributed by atoms with Crippen LogP contribution in [-0.4, -0.2) is 38.7 Å². The van der Waals surface area contributed by atoms with Gasteiger partial charge in [-0.25, -0.2) is 9.97 Å². The number of hydrogen-bond acceptors (Lipinski definition) is 4. The highest BCUT2D eigenvalue weighted by atomic mass is 16.3. The van der Waals surface area contributed by atoms with Crippen LogP contribution in [0, 0.1) is 5.92 Å². The second kappa shape index (κ2) is 4.74. The molecular formula is C15H22N4O. The molecule has 1 saturated heterocycles. The van der Waals surface area contributed by atoms with Crippen molar-refractivity contribution in [3.63, 3.8) is 0 Å². The molecule has 1 unspecified atom stereocenters. The number of nitrogens with one attached hydrogen (secondary N) is 1. The first-order valence-electron chi connectivity index (χ1n) is 7.29. The lowest BCUT2D eigenvalue weighted by Crippen LogP contribution is -2.33. The summed E-state index contributed by atoms with van der Waals surface area (Å²) in [6.07, 6.45) is 5.60. The molecule has 0 radical (unpaired) electrons. The number of nitrogens with zero attached hydrogens (tertiary/aromatic N) is 3. The number of aliphatic hydroxyl groups is 1. The molecule has 5 heteroatoms. The molecule has 1 atom stereocenters. The van der Waals surface area contributed by atoms with Crippen molar-refractivity contribution in [2.24, 2.45) is 5.92 Å². The zero-order valence-electron chi connectivity index (χ0n) is 12.3. The van der Waals surface area contributed by atoms with Gasteiger partial charge in [0.05, 0.1) is 11.0 Å². The molecule has 2 aromatic heterocycles. The molecule has 2 N–H and O–H groups in total. The Morgan fingerprint density at radius 2 is 2.25 bits per heavy atom. The molecule has 2 aromatic rings. The van der Waals surface area contributed by atoms with Crippen molar-refractivity contribution in [1.82, 2.24) is 15.0 Å². The van der Waals surface area contributed by atoms with E-state index in [4.69, 9.17) is 0 Å². The van der Waals surface area contributed by atoms with Gasteiger partial charge in [0.1, 0.15) is 17.8 Å². The first kappa shape index (κ1) is 13.4. The van der Waals surface area contributed by atoms with Gasteiger partial charge in [-0.1, -0.05) is 6.92 Å². The van der Waals surface area contributed by atoms with E-state index < -0.39 is 5.60 Å². The number of anilines is 1. The topological polar surface area (TPSA) is 65.0 Å². The van der Waals surface area contributed by atoms with Gasteiger partial charge >= 0.3 is 0 Å². The summed E-state index contributed by atoms with van der Waals surface area (Å²) < 4.78 is 0. The maximum atomic E-state index is 10.2. The Balaban J connectivity index is 1.97. The molecule has 0 aliphatic carbocycles. The van der Waals surface area contributed by atoms with E-state index in [9.17, 15) is 5.11 Å². The van der Waals surface area contributed by atoms with Gasteiger partial charge in [-0.05, 0) is 32.3 Å². The number of aromatic nitrogens is 3. The largest absolute Gasteiger partial charge is 0.390 e. The molecule has 1 aliphatic heterocycles. The van der Waals surface area contributed by atoms with Crippen LogP contribution in [0.2, 0.25) is 0 Å². The molecule has 3 rings (SSSR count). The zero-order valence-corrected chi connectivity index (χ0v) is 12.3. The monoisotopic (exact) mass is 274 g/mol. The molecule has 0 aromatic carbocycles. The van der Waals surface area contributed by atoms with Crippen LogP contribution in [0.15, 0.2) is 12.5 Å². The summed E-state index contributed by atoms with van der Waals surface area (Å²) in [6.45, 7) is 7.72. The molecule has 3 heterocycles. The zero-order chi connectivity index (χ0) is 14.3. The molecule has 108 valence electrons. The van der Waals surface area contributed by atoms with Gasteiger partial charge in [0, 0.05) is 25.2 Å². The number of hydrogen-bond donors (Lipinski definition) is 2. The number of aryl methyl sites for hydroxylation is 1. The van der Waals surface area contributed by atoms with Crippen LogP contribution in [0.3, 0.4) is 0 Å². The molecular weight excluding hydrogens is 252 g/mol. The Bertz CT molecular complexity index is 614. The second-order valence-corrected chi connectivity index (χ2v) is 6.17. The molecule has 0 bridgehead atoms. The van der Waals surface area contributed by atoms with E-state index in [1.165, 1.54) is 5.56 Å². The van der Waals surface area contributed by atoms with E-state index in [0.29, 0.717) is 0 Å². The van der Waals surface area contributed by atoms with Crippen LogP contribution in [-0.2, 0) is 6.42 Å². The molecule has 1 fully saturated rings. The number of rotatable bonds is 3. The van der Waals surface area contributed by atoms with Gasteiger partial charge in [0.2, 0.25) is 0 Å². The standard InChI is InChI=1S/C15H22N4O/c1-4-10-7-16-13-12(10)14(18-9-17-13)19-6-5-11(8-19)15(2,3)20/h7,9,11,20H,4-6,8H2,1-3H3,(H,16,17,18). The van der Waals surface area contributed by atoms with E-state index in [2.05, 4.69) is 26.8 Å². The quantitative estimate of drug-likeness (QED) is 0.900. The van der Waals surface area contributed by atoms with Crippen LogP contribution in [0.4, 0.5) is 5.82 Å². The first-order chi connectivity index (χ1) is 9.50. The van der Waals surface area contributed by atoms with Gasteiger partial charge in [-0.2, -0.15) is 0 Å². The van der Waals surface area contributed by atoms with Crippen LogP contribution in [0.5, 0.6) is 0 Å². The summed E-state index contributed by atoms with van der Waals surface area (Å²) in [7, 11) is 0. The van der Waals surface area contributed by atoms with Crippen molar-refractivity contribution in [2.45, 2.75) is 39.2 Å².